The zero-order chi connectivity index (χ0) is 13.7. The molecule has 1 aromatic carbocycles. The molecular formula is C16H18O4. The van der Waals surface area contributed by atoms with Crippen molar-refractivity contribution in [3.63, 3.8) is 0 Å². The first-order chi connectivity index (χ1) is 9.64. The first-order valence-electron chi connectivity index (χ1n) is 7.12. The van der Waals surface area contributed by atoms with Crippen LogP contribution in [0.25, 0.3) is 6.08 Å². The van der Waals surface area contributed by atoms with E-state index in [-0.39, 0.29) is 23.9 Å². The van der Waals surface area contributed by atoms with Crippen LogP contribution in [-0.4, -0.2) is 41.2 Å². The number of hydrogen-bond donors (Lipinski definition) is 2. The molecule has 2 aliphatic heterocycles. The van der Waals surface area contributed by atoms with Crippen LogP contribution in [0.15, 0.2) is 24.3 Å². The lowest BCUT2D eigenvalue weighted by Gasteiger charge is -2.37. The number of ether oxygens (including phenoxy) is 2. The molecule has 1 aliphatic carbocycles. The average molecular weight is 274 g/mol. The molecule has 4 nitrogen and oxygen atoms in total. The minimum absolute atomic E-state index is 0.0497. The van der Waals surface area contributed by atoms with Crippen LogP contribution in [-0.2, 0) is 9.47 Å². The molecule has 4 heteroatoms. The van der Waals surface area contributed by atoms with Gasteiger partial charge in [0.1, 0.15) is 5.75 Å². The first-order valence-corrected chi connectivity index (χ1v) is 7.12. The van der Waals surface area contributed by atoms with Gasteiger partial charge in [0.25, 0.3) is 0 Å². The molecule has 2 saturated heterocycles. The Morgan fingerprint density at radius 2 is 1.95 bits per heavy atom. The van der Waals surface area contributed by atoms with Crippen molar-refractivity contribution < 1.29 is 19.7 Å². The maximum Gasteiger partial charge on any atom is 0.115 e. The van der Waals surface area contributed by atoms with Gasteiger partial charge < -0.3 is 19.7 Å². The molecule has 2 N–H and O–H groups in total. The van der Waals surface area contributed by atoms with E-state index in [0.717, 1.165) is 30.8 Å². The molecule has 3 aliphatic rings. The summed E-state index contributed by atoms with van der Waals surface area (Å²) in [5.74, 6) is 0.192. The predicted octanol–water partition coefficient (Wildman–Crippen LogP) is 1.81. The summed E-state index contributed by atoms with van der Waals surface area (Å²) in [6.45, 7) is 1.50. The highest BCUT2D eigenvalue weighted by molar-refractivity contribution is 5.62. The second-order valence-electron chi connectivity index (χ2n) is 6.04. The maximum absolute atomic E-state index is 11.1. The minimum atomic E-state index is -0.909. The van der Waals surface area contributed by atoms with Gasteiger partial charge >= 0.3 is 0 Å². The summed E-state index contributed by atoms with van der Waals surface area (Å²) in [6.07, 6.45) is 5.61. The maximum atomic E-state index is 11.1. The van der Waals surface area contributed by atoms with E-state index in [4.69, 9.17) is 9.47 Å². The molecule has 0 aromatic heterocycles. The highest BCUT2D eigenvalue weighted by Crippen LogP contribution is 2.46. The number of aliphatic hydroxyl groups is 1. The Morgan fingerprint density at radius 1 is 1.20 bits per heavy atom. The summed E-state index contributed by atoms with van der Waals surface area (Å²) < 4.78 is 10.6. The molecule has 4 unspecified atom stereocenters. The number of rotatable bonds is 4. The summed E-state index contributed by atoms with van der Waals surface area (Å²) in [7, 11) is 0. The number of phenolic OH excluding ortho intramolecular Hbond substituents is 1. The van der Waals surface area contributed by atoms with Crippen molar-refractivity contribution in [2.75, 3.05) is 13.2 Å². The van der Waals surface area contributed by atoms with Crippen LogP contribution in [0.3, 0.4) is 0 Å². The van der Waals surface area contributed by atoms with E-state index in [1.807, 2.05) is 18.2 Å². The standard InChI is InChI=1S/C16H18O4/c17-11-2-1-10-3-4-16(18,7-13-9-20-13)15(14(10)5-11)6-12-8-19-12/h1-5,12-13,15,17-18H,6-9H2. The topological polar surface area (TPSA) is 65.5 Å². The number of epoxide rings is 2. The molecule has 106 valence electrons. The van der Waals surface area contributed by atoms with E-state index >= 15 is 0 Å². The van der Waals surface area contributed by atoms with Crippen LogP contribution in [0.5, 0.6) is 5.75 Å². The summed E-state index contributed by atoms with van der Waals surface area (Å²) in [4.78, 5) is 0. The molecule has 20 heavy (non-hydrogen) atoms. The van der Waals surface area contributed by atoms with Crippen LogP contribution in [0.4, 0.5) is 0 Å². The van der Waals surface area contributed by atoms with E-state index in [2.05, 4.69) is 0 Å². The van der Waals surface area contributed by atoms with Gasteiger partial charge in [-0.2, -0.15) is 0 Å². The summed E-state index contributed by atoms with van der Waals surface area (Å²) in [5, 5.41) is 20.8. The van der Waals surface area contributed by atoms with Gasteiger partial charge in [-0.15, -0.1) is 0 Å². The molecule has 1 aromatic rings. The van der Waals surface area contributed by atoms with Gasteiger partial charge in [-0.05, 0) is 29.7 Å². The lowest BCUT2D eigenvalue weighted by atomic mass is 9.71. The van der Waals surface area contributed by atoms with Crippen molar-refractivity contribution in [1.29, 1.82) is 0 Å². The van der Waals surface area contributed by atoms with Crippen LogP contribution in [0, 0.1) is 0 Å². The molecule has 0 bridgehead atoms. The number of benzene rings is 1. The van der Waals surface area contributed by atoms with Crippen molar-refractivity contribution in [1.82, 2.24) is 0 Å². The zero-order valence-electron chi connectivity index (χ0n) is 11.2. The lowest BCUT2D eigenvalue weighted by molar-refractivity contribution is 0.0375. The third-order valence-electron chi connectivity index (χ3n) is 4.46. The fraction of sp³-hybridized carbons (Fsp3) is 0.500. The Labute approximate surface area is 117 Å². The SMILES string of the molecule is Oc1ccc2c(c1)C(CC1CO1)C(O)(CC1CO1)C=C2. The summed E-state index contributed by atoms with van der Waals surface area (Å²) >= 11 is 0. The second kappa shape index (κ2) is 4.32. The van der Waals surface area contributed by atoms with Crippen LogP contribution in [0.2, 0.25) is 0 Å². The Kier molecular flexibility index (Phi) is 2.67. The van der Waals surface area contributed by atoms with Crippen molar-refractivity contribution in [2.24, 2.45) is 0 Å². The lowest BCUT2D eigenvalue weighted by Crippen LogP contribution is -2.38. The molecule has 4 atom stereocenters. The van der Waals surface area contributed by atoms with Crippen molar-refractivity contribution >= 4 is 6.08 Å². The van der Waals surface area contributed by atoms with Gasteiger partial charge in [0.05, 0.1) is 31.0 Å². The van der Waals surface area contributed by atoms with Gasteiger partial charge in [0, 0.05) is 12.3 Å². The molecule has 0 amide bonds. The van der Waals surface area contributed by atoms with E-state index in [1.165, 1.54) is 0 Å². The van der Waals surface area contributed by atoms with E-state index in [0.29, 0.717) is 6.42 Å². The van der Waals surface area contributed by atoms with E-state index < -0.39 is 5.60 Å². The molecule has 0 spiro atoms. The molecule has 4 rings (SSSR count). The normalized spacial score (nSPS) is 37.5. The number of hydrogen-bond acceptors (Lipinski definition) is 4. The Bertz CT molecular complexity index is 560. The molecule has 0 radical (unpaired) electrons. The second-order valence-corrected chi connectivity index (χ2v) is 6.04. The quantitative estimate of drug-likeness (QED) is 0.822. The zero-order valence-corrected chi connectivity index (χ0v) is 11.2. The highest BCUT2D eigenvalue weighted by Gasteiger charge is 2.45. The van der Waals surface area contributed by atoms with E-state index in [9.17, 15) is 10.2 Å². The highest BCUT2D eigenvalue weighted by atomic mass is 16.6. The molecule has 2 heterocycles. The van der Waals surface area contributed by atoms with Gasteiger partial charge in [0.15, 0.2) is 0 Å². The largest absolute Gasteiger partial charge is 0.508 e. The molecule has 0 saturated carbocycles. The van der Waals surface area contributed by atoms with Crippen LogP contribution in [0.1, 0.15) is 29.9 Å². The first kappa shape index (κ1) is 12.4. The van der Waals surface area contributed by atoms with Crippen LogP contribution >= 0.6 is 0 Å². The fourth-order valence-corrected chi connectivity index (χ4v) is 3.19. The van der Waals surface area contributed by atoms with Gasteiger partial charge in [0.2, 0.25) is 0 Å². The Hall–Kier alpha value is -1.36. The van der Waals surface area contributed by atoms with Crippen molar-refractivity contribution in [2.45, 2.75) is 36.6 Å². The smallest absolute Gasteiger partial charge is 0.115 e. The van der Waals surface area contributed by atoms with Gasteiger partial charge in [-0.3, -0.25) is 0 Å². The average Bonchev–Trinajstić information content (AvgIpc) is 3.29. The van der Waals surface area contributed by atoms with Crippen LogP contribution < -0.4 is 0 Å². The third-order valence-corrected chi connectivity index (χ3v) is 4.46. The van der Waals surface area contributed by atoms with Crippen molar-refractivity contribution in [3.8, 4) is 5.75 Å². The summed E-state index contributed by atoms with van der Waals surface area (Å²) in [5.41, 5.74) is 1.16. The monoisotopic (exact) mass is 274 g/mol. The number of fused-ring (bicyclic) bond motifs is 1. The van der Waals surface area contributed by atoms with Gasteiger partial charge in [-0.25, -0.2) is 0 Å². The number of aromatic hydroxyl groups is 1. The van der Waals surface area contributed by atoms with Gasteiger partial charge in [-0.1, -0.05) is 18.2 Å². The Balaban J connectivity index is 1.72. The Morgan fingerprint density at radius 3 is 2.65 bits per heavy atom. The van der Waals surface area contributed by atoms with Crippen molar-refractivity contribution in [3.05, 3.63) is 35.4 Å². The summed E-state index contributed by atoms with van der Waals surface area (Å²) in [6, 6.07) is 5.35. The third kappa shape index (κ3) is 2.24. The molecular weight excluding hydrogens is 256 g/mol. The minimum Gasteiger partial charge on any atom is -0.508 e. The number of phenols is 1. The van der Waals surface area contributed by atoms with E-state index in [1.54, 1.807) is 12.1 Å². The predicted molar refractivity (Wildman–Crippen MR) is 73.5 cm³/mol. The fourth-order valence-electron chi connectivity index (χ4n) is 3.19. The molecule has 2 fully saturated rings.